The van der Waals surface area contributed by atoms with E-state index in [-0.39, 0.29) is 0 Å². The second-order valence-electron chi connectivity index (χ2n) is 3.56. The quantitative estimate of drug-likeness (QED) is 0.846. The zero-order valence-corrected chi connectivity index (χ0v) is 11.0. The van der Waals surface area contributed by atoms with E-state index in [1.807, 2.05) is 41.1 Å². The van der Waals surface area contributed by atoms with Gasteiger partial charge in [-0.2, -0.15) is 8.42 Å². The Hall–Kier alpha value is -2.11. The molecule has 0 unspecified atom stereocenters. The smallest absolute Gasteiger partial charge is 0.269 e. The van der Waals surface area contributed by atoms with Crippen molar-refractivity contribution in [1.82, 2.24) is 0 Å². The van der Waals surface area contributed by atoms with Gasteiger partial charge >= 0.3 is 10.3 Å². The average Bonchev–Trinajstić information content (AvgIpc) is 2.40. The van der Waals surface area contributed by atoms with E-state index in [1.165, 1.54) is 17.7 Å². The third-order valence-corrected chi connectivity index (χ3v) is 2.55. The number of para-hydroxylation sites is 1. The first-order valence-corrected chi connectivity index (χ1v) is 6.93. The molecule has 2 N–H and O–H groups in total. The normalized spacial score (nSPS) is 9.95. The number of benzene rings is 2. The van der Waals surface area contributed by atoms with Crippen molar-refractivity contribution < 1.29 is 13.0 Å². The minimum absolute atomic E-state index is 0.343. The predicted molar refractivity (Wildman–Crippen MR) is 78.1 cm³/mol. The van der Waals surface area contributed by atoms with E-state index in [2.05, 4.69) is 6.58 Å². The molecule has 0 aromatic heterocycles. The third kappa shape index (κ3) is 7.03. The van der Waals surface area contributed by atoms with Gasteiger partial charge in [-0.1, -0.05) is 61.2 Å². The van der Waals surface area contributed by atoms with Crippen LogP contribution in [-0.4, -0.2) is 13.0 Å². The van der Waals surface area contributed by atoms with Crippen molar-refractivity contribution in [2.45, 2.75) is 0 Å². The first-order chi connectivity index (χ1) is 9.01. The molecule has 0 aliphatic carbocycles. The van der Waals surface area contributed by atoms with Crippen LogP contribution in [0.1, 0.15) is 5.56 Å². The summed E-state index contributed by atoms with van der Waals surface area (Å²) in [5.41, 5.74) is 1.52. The van der Waals surface area contributed by atoms with Crippen molar-refractivity contribution in [2.24, 2.45) is 0 Å². The van der Waals surface area contributed by atoms with Crippen LogP contribution >= 0.6 is 0 Å². The van der Waals surface area contributed by atoms with Crippen LogP contribution in [0.15, 0.2) is 67.2 Å². The zero-order chi connectivity index (χ0) is 14.1. The number of rotatable bonds is 3. The molecule has 0 saturated heterocycles. The Morgan fingerprint density at radius 2 is 1.42 bits per heavy atom. The van der Waals surface area contributed by atoms with E-state index in [9.17, 15) is 8.42 Å². The molecule has 0 saturated carbocycles. The van der Waals surface area contributed by atoms with Crippen LogP contribution in [0.25, 0.3) is 6.08 Å². The zero-order valence-electron chi connectivity index (χ0n) is 10.2. The second kappa shape index (κ2) is 7.35. The van der Waals surface area contributed by atoms with E-state index in [0.717, 1.165) is 0 Å². The molecule has 0 spiro atoms. The van der Waals surface area contributed by atoms with Gasteiger partial charge in [-0.05, 0) is 17.7 Å². The summed E-state index contributed by atoms with van der Waals surface area (Å²) in [6.07, 6.45) is 1.83. The molecule has 0 heterocycles. The summed E-state index contributed by atoms with van der Waals surface area (Å²) in [6.45, 7) is 3.63. The van der Waals surface area contributed by atoms with Gasteiger partial charge in [-0.3, -0.25) is 9.27 Å². The molecule has 0 bridgehead atoms. The van der Waals surface area contributed by atoms with Crippen molar-refractivity contribution in [3.8, 4) is 0 Å². The Morgan fingerprint density at radius 3 is 1.79 bits per heavy atom. The topological polar surface area (TPSA) is 66.4 Å². The number of nitrogens with one attached hydrogen (secondary N) is 1. The van der Waals surface area contributed by atoms with Crippen LogP contribution < -0.4 is 4.72 Å². The lowest BCUT2D eigenvalue weighted by molar-refractivity contribution is 0.490. The van der Waals surface area contributed by atoms with Crippen LogP contribution in [-0.2, 0) is 10.3 Å². The average molecular weight is 277 g/mol. The van der Waals surface area contributed by atoms with Crippen LogP contribution in [0.5, 0.6) is 0 Å². The van der Waals surface area contributed by atoms with Gasteiger partial charge in [-0.15, -0.1) is 0 Å². The van der Waals surface area contributed by atoms with Crippen LogP contribution in [0, 0.1) is 0 Å². The summed E-state index contributed by atoms with van der Waals surface area (Å²) < 4.78 is 30.7. The number of hydrogen-bond acceptors (Lipinski definition) is 2. The van der Waals surface area contributed by atoms with Gasteiger partial charge in [-0.25, -0.2) is 0 Å². The largest absolute Gasteiger partial charge is 0.357 e. The summed E-state index contributed by atoms with van der Waals surface area (Å²) in [5, 5.41) is 0. The van der Waals surface area contributed by atoms with Crippen molar-refractivity contribution >= 4 is 22.1 Å². The molecule has 2 rings (SSSR count). The minimum Gasteiger partial charge on any atom is -0.269 e. The minimum atomic E-state index is -4.13. The fourth-order valence-corrected chi connectivity index (χ4v) is 1.68. The Morgan fingerprint density at radius 1 is 0.947 bits per heavy atom. The highest BCUT2D eigenvalue weighted by atomic mass is 32.2. The lowest BCUT2D eigenvalue weighted by Gasteiger charge is -1.99. The molecule has 19 heavy (non-hydrogen) atoms. The van der Waals surface area contributed by atoms with Crippen molar-refractivity contribution in [3.05, 3.63) is 72.8 Å². The van der Waals surface area contributed by atoms with E-state index in [4.69, 9.17) is 4.55 Å². The standard InChI is InChI=1S/C8H8.C6H7NO3S/c1-2-8-6-4-3-5-7-8;8-11(9,10)7-6-4-2-1-3-5-6/h2-7H,1H2;1-5,7H,(H,8,9,10). The molecule has 4 nitrogen and oxygen atoms in total. The van der Waals surface area contributed by atoms with E-state index < -0.39 is 10.3 Å². The van der Waals surface area contributed by atoms with Gasteiger partial charge in [0.1, 0.15) is 0 Å². The number of anilines is 1. The van der Waals surface area contributed by atoms with Crippen LogP contribution in [0.4, 0.5) is 5.69 Å². The molecule has 2 aromatic carbocycles. The lowest BCUT2D eigenvalue weighted by Crippen LogP contribution is -2.09. The third-order valence-electron chi connectivity index (χ3n) is 2.06. The fraction of sp³-hybridized carbons (Fsp3) is 0. The van der Waals surface area contributed by atoms with E-state index >= 15 is 0 Å². The van der Waals surface area contributed by atoms with Gasteiger partial charge in [0.25, 0.3) is 0 Å². The first kappa shape index (κ1) is 14.9. The van der Waals surface area contributed by atoms with Gasteiger partial charge in [0.05, 0.1) is 5.69 Å². The molecule has 0 radical (unpaired) electrons. The van der Waals surface area contributed by atoms with Gasteiger partial charge < -0.3 is 0 Å². The van der Waals surface area contributed by atoms with Crippen molar-refractivity contribution in [1.29, 1.82) is 0 Å². The highest BCUT2D eigenvalue weighted by molar-refractivity contribution is 7.87. The highest BCUT2D eigenvalue weighted by Crippen LogP contribution is 2.05. The second-order valence-corrected chi connectivity index (χ2v) is 4.71. The molecule has 100 valence electrons. The molecular formula is C14H15NO3S. The maximum absolute atomic E-state index is 10.2. The molecule has 2 aromatic rings. The Bertz CT molecular complexity index is 595. The fourth-order valence-electron chi connectivity index (χ4n) is 1.24. The summed E-state index contributed by atoms with van der Waals surface area (Å²) in [4.78, 5) is 0. The predicted octanol–water partition coefficient (Wildman–Crippen LogP) is 3.23. The molecule has 0 aliphatic heterocycles. The Balaban J connectivity index is 0.000000200. The highest BCUT2D eigenvalue weighted by Gasteiger charge is 2.00. The Kier molecular flexibility index (Phi) is 5.78. The lowest BCUT2D eigenvalue weighted by atomic mass is 10.2. The first-order valence-electron chi connectivity index (χ1n) is 5.49. The van der Waals surface area contributed by atoms with E-state index in [0.29, 0.717) is 5.69 Å². The maximum atomic E-state index is 10.2. The summed E-state index contributed by atoms with van der Waals surface area (Å²) >= 11 is 0. The molecule has 0 atom stereocenters. The van der Waals surface area contributed by atoms with Gasteiger partial charge in [0, 0.05) is 0 Å². The maximum Gasteiger partial charge on any atom is 0.357 e. The monoisotopic (exact) mass is 277 g/mol. The van der Waals surface area contributed by atoms with Crippen LogP contribution in [0.3, 0.4) is 0 Å². The number of hydrogen-bond donors (Lipinski definition) is 2. The summed E-state index contributed by atoms with van der Waals surface area (Å²) in [6, 6.07) is 18.2. The van der Waals surface area contributed by atoms with Crippen molar-refractivity contribution in [2.75, 3.05) is 4.72 Å². The molecule has 0 fully saturated rings. The molecular weight excluding hydrogens is 262 g/mol. The SMILES string of the molecule is C=Cc1ccccc1.O=S(=O)(O)Nc1ccccc1. The molecule has 0 amide bonds. The summed E-state index contributed by atoms with van der Waals surface area (Å²) in [7, 11) is -4.13. The van der Waals surface area contributed by atoms with Crippen LogP contribution in [0.2, 0.25) is 0 Å². The Labute approximate surface area is 113 Å². The molecule has 0 aliphatic rings. The molecule has 5 heteroatoms. The van der Waals surface area contributed by atoms with E-state index in [1.54, 1.807) is 18.2 Å². The van der Waals surface area contributed by atoms with Gasteiger partial charge in [0.2, 0.25) is 0 Å². The summed E-state index contributed by atoms with van der Waals surface area (Å²) in [5.74, 6) is 0. The van der Waals surface area contributed by atoms with Gasteiger partial charge in [0.15, 0.2) is 0 Å². The van der Waals surface area contributed by atoms with Crippen molar-refractivity contribution in [3.63, 3.8) is 0 Å².